The number of aromatic amines is 1. The quantitative estimate of drug-likeness (QED) is 0.612. The van der Waals surface area contributed by atoms with Crippen molar-refractivity contribution in [2.45, 2.75) is 24.8 Å². The maximum absolute atomic E-state index is 11.8. The van der Waals surface area contributed by atoms with Crippen LogP contribution >= 0.6 is 11.6 Å². The highest BCUT2D eigenvalue weighted by molar-refractivity contribution is 6.34. The number of hydrogen-bond acceptors (Lipinski definition) is 5. The zero-order valence-corrected chi connectivity index (χ0v) is 15.0. The van der Waals surface area contributed by atoms with Gasteiger partial charge in [0.05, 0.1) is 22.8 Å². The van der Waals surface area contributed by atoms with E-state index < -0.39 is 0 Å². The largest absolute Gasteiger partial charge is 0.378 e. The lowest BCUT2D eigenvalue weighted by molar-refractivity contribution is -0.129. The van der Waals surface area contributed by atoms with Gasteiger partial charge >= 0.3 is 0 Å². The highest BCUT2D eigenvalue weighted by atomic mass is 35.5. The molecule has 1 saturated carbocycles. The number of rotatable bonds is 4. The molecule has 3 aliphatic rings. The van der Waals surface area contributed by atoms with Crippen LogP contribution < -0.4 is 16.4 Å². The van der Waals surface area contributed by atoms with Crippen LogP contribution in [-0.2, 0) is 4.79 Å². The summed E-state index contributed by atoms with van der Waals surface area (Å²) >= 11 is 6.43. The fourth-order valence-corrected chi connectivity index (χ4v) is 4.71. The fourth-order valence-electron chi connectivity index (χ4n) is 4.51. The minimum absolute atomic E-state index is 0.0336. The molecule has 8 heteroatoms. The number of allylic oxidation sites excluding steroid dienone is 1. The first-order valence-corrected chi connectivity index (χ1v) is 9.50. The number of aromatic nitrogens is 3. The van der Waals surface area contributed by atoms with Crippen LogP contribution in [0.5, 0.6) is 0 Å². The highest BCUT2D eigenvalue weighted by Gasteiger charge is 2.54. The second-order valence-corrected chi connectivity index (χ2v) is 7.89. The number of nitrogens with zero attached hydrogens (tertiary/aromatic N) is 2. The van der Waals surface area contributed by atoms with Gasteiger partial charge in [0.2, 0.25) is 5.91 Å². The van der Waals surface area contributed by atoms with Crippen molar-refractivity contribution in [3.63, 3.8) is 0 Å². The Bertz CT molecular complexity index is 902. The molecule has 2 aromatic heterocycles. The van der Waals surface area contributed by atoms with Crippen LogP contribution in [0.4, 0.5) is 5.69 Å². The molecule has 0 bridgehead atoms. The summed E-state index contributed by atoms with van der Waals surface area (Å²) in [5, 5.41) is 7.39. The molecule has 26 heavy (non-hydrogen) atoms. The number of nitrogens with two attached hydrogens (primary N) is 1. The predicted molar refractivity (Wildman–Crippen MR) is 100.0 cm³/mol. The number of fused-ring (bicyclic) bond motifs is 2. The number of hydrogen-bond donors (Lipinski definition) is 4. The molecule has 3 heterocycles. The number of amides is 1. The Morgan fingerprint density at radius 2 is 2.19 bits per heavy atom. The van der Waals surface area contributed by atoms with Crippen LogP contribution in [0, 0.1) is 17.8 Å². The van der Waals surface area contributed by atoms with E-state index in [2.05, 4.69) is 37.7 Å². The first-order chi connectivity index (χ1) is 12.6. The maximum atomic E-state index is 11.8. The zero-order chi connectivity index (χ0) is 17.8. The van der Waals surface area contributed by atoms with Crippen molar-refractivity contribution in [2.75, 3.05) is 18.4 Å². The van der Waals surface area contributed by atoms with Crippen LogP contribution in [0.3, 0.4) is 0 Å². The molecule has 5 rings (SSSR count). The summed E-state index contributed by atoms with van der Waals surface area (Å²) in [6, 6.07) is -0.0336. The van der Waals surface area contributed by atoms with Gasteiger partial charge in [0.15, 0.2) is 5.65 Å². The molecule has 1 aliphatic heterocycles. The van der Waals surface area contributed by atoms with Gasteiger partial charge in [0, 0.05) is 24.4 Å². The van der Waals surface area contributed by atoms with Crippen LogP contribution in [0.15, 0.2) is 18.3 Å². The number of primary amides is 1. The van der Waals surface area contributed by atoms with Gasteiger partial charge < -0.3 is 21.4 Å². The van der Waals surface area contributed by atoms with Crippen molar-refractivity contribution in [1.29, 1.82) is 0 Å². The van der Waals surface area contributed by atoms with Crippen LogP contribution in [0.25, 0.3) is 11.2 Å². The van der Waals surface area contributed by atoms with E-state index in [4.69, 9.17) is 17.3 Å². The molecule has 7 nitrogen and oxygen atoms in total. The molecule has 2 unspecified atom stereocenters. The number of carbonyl (C=O) groups is 1. The number of anilines is 1. The molecule has 0 radical (unpaired) electrons. The third-order valence-electron chi connectivity index (χ3n) is 6.03. The lowest BCUT2D eigenvalue weighted by atomic mass is 9.54. The molecule has 5 N–H and O–H groups in total. The van der Waals surface area contributed by atoms with E-state index in [-0.39, 0.29) is 23.8 Å². The number of imidazole rings is 1. The Morgan fingerprint density at radius 1 is 1.35 bits per heavy atom. The fraction of sp³-hybridized carbons (Fsp3) is 0.500. The van der Waals surface area contributed by atoms with Crippen molar-refractivity contribution >= 4 is 34.4 Å². The van der Waals surface area contributed by atoms with Crippen molar-refractivity contribution in [2.24, 2.45) is 23.5 Å². The van der Waals surface area contributed by atoms with Gasteiger partial charge in [0.25, 0.3) is 0 Å². The minimum atomic E-state index is -0.270. The second-order valence-electron chi connectivity index (χ2n) is 7.48. The third kappa shape index (κ3) is 2.34. The van der Waals surface area contributed by atoms with Gasteiger partial charge in [-0.2, -0.15) is 0 Å². The van der Waals surface area contributed by atoms with E-state index in [0.717, 1.165) is 43.0 Å². The maximum Gasteiger partial charge on any atom is 0.223 e. The van der Waals surface area contributed by atoms with Crippen molar-refractivity contribution in [3.8, 4) is 0 Å². The summed E-state index contributed by atoms with van der Waals surface area (Å²) in [5.74, 6) is 1.41. The van der Waals surface area contributed by atoms with Crippen molar-refractivity contribution < 1.29 is 4.79 Å². The van der Waals surface area contributed by atoms with Gasteiger partial charge in [0.1, 0.15) is 11.3 Å². The molecule has 5 atom stereocenters. The SMILES string of the molecule is NC(=O)[C@H]1[C@@H]2C=CC2[C@H]1Nc1c(Cl)cnc2nc(C3CCCNC3)[nH]c12. The summed E-state index contributed by atoms with van der Waals surface area (Å²) in [7, 11) is 0. The molecular weight excluding hydrogens is 352 g/mol. The molecule has 2 aromatic rings. The Hall–Kier alpha value is -2.12. The van der Waals surface area contributed by atoms with Crippen molar-refractivity contribution in [3.05, 3.63) is 29.2 Å². The summed E-state index contributed by atoms with van der Waals surface area (Å²) < 4.78 is 0. The number of pyridine rings is 1. The summed E-state index contributed by atoms with van der Waals surface area (Å²) in [6.45, 7) is 1.97. The highest BCUT2D eigenvalue weighted by Crippen LogP contribution is 2.50. The molecule has 1 amide bonds. The van der Waals surface area contributed by atoms with Gasteiger partial charge in [-0.15, -0.1) is 0 Å². The van der Waals surface area contributed by atoms with Gasteiger partial charge in [-0.1, -0.05) is 23.8 Å². The average molecular weight is 373 g/mol. The number of nitrogens with one attached hydrogen (secondary N) is 3. The molecule has 1 saturated heterocycles. The van der Waals surface area contributed by atoms with Crippen LogP contribution in [0.1, 0.15) is 24.6 Å². The minimum Gasteiger partial charge on any atom is -0.378 e. The van der Waals surface area contributed by atoms with Crippen LogP contribution in [-0.4, -0.2) is 40.0 Å². The van der Waals surface area contributed by atoms with Crippen LogP contribution in [0.2, 0.25) is 5.02 Å². The topological polar surface area (TPSA) is 109 Å². The molecule has 0 aromatic carbocycles. The van der Waals surface area contributed by atoms with E-state index in [1.54, 1.807) is 6.20 Å². The Kier molecular flexibility index (Phi) is 3.68. The first kappa shape index (κ1) is 16.1. The number of halogens is 1. The Morgan fingerprint density at radius 3 is 2.88 bits per heavy atom. The first-order valence-electron chi connectivity index (χ1n) is 9.12. The summed E-state index contributed by atoms with van der Waals surface area (Å²) in [6.07, 6.45) is 8.04. The van der Waals surface area contributed by atoms with Gasteiger partial charge in [-0.25, -0.2) is 9.97 Å². The lowest BCUT2D eigenvalue weighted by Crippen LogP contribution is -2.61. The number of piperidine rings is 1. The van der Waals surface area contributed by atoms with Gasteiger partial charge in [-0.3, -0.25) is 4.79 Å². The van der Waals surface area contributed by atoms with E-state index in [0.29, 0.717) is 22.5 Å². The summed E-state index contributed by atoms with van der Waals surface area (Å²) in [4.78, 5) is 24.3. The standard InChI is InChI=1S/C18H21ClN6O/c19-11-7-22-18-15(24-17(25-18)8-2-1-5-21-6-8)14(11)23-13-10-4-3-9(10)12(13)16(20)26/h3-4,7-10,12-13,21H,1-2,5-6H2,(H2,20,26)(H2,22,23,24,25)/t8?,9-,10?,12+,13-/m1/s1. The monoisotopic (exact) mass is 372 g/mol. The Balaban J connectivity index is 1.48. The number of H-pyrrole nitrogens is 1. The normalized spacial score (nSPS) is 32.6. The van der Waals surface area contributed by atoms with Crippen molar-refractivity contribution in [1.82, 2.24) is 20.3 Å². The van der Waals surface area contributed by atoms with E-state index in [1.165, 1.54) is 0 Å². The second kappa shape index (κ2) is 5.96. The van der Waals surface area contributed by atoms with E-state index >= 15 is 0 Å². The van der Waals surface area contributed by atoms with E-state index in [1.807, 2.05) is 0 Å². The lowest BCUT2D eigenvalue weighted by Gasteiger charge is -2.53. The molecular formula is C18H21ClN6O. The predicted octanol–water partition coefficient (Wildman–Crippen LogP) is 1.78. The van der Waals surface area contributed by atoms with E-state index in [9.17, 15) is 4.79 Å². The summed E-state index contributed by atoms with van der Waals surface area (Å²) in [5.41, 5.74) is 7.80. The smallest absolute Gasteiger partial charge is 0.223 e. The molecule has 2 aliphatic carbocycles. The average Bonchev–Trinajstić information content (AvgIpc) is 3.05. The zero-order valence-electron chi connectivity index (χ0n) is 14.2. The van der Waals surface area contributed by atoms with Gasteiger partial charge in [-0.05, 0) is 25.3 Å². The number of carbonyl (C=O) groups excluding carboxylic acids is 1. The molecule has 0 spiro atoms. The Labute approximate surface area is 155 Å². The molecule has 136 valence electrons. The molecule has 2 fully saturated rings. The third-order valence-corrected chi connectivity index (χ3v) is 6.32.